The van der Waals surface area contributed by atoms with E-state index in [4.69, 9.17) is 14.2 Å². The van der Waals surface area contributed by atoms with Crippen LogP contribution in [0.25, 0.3) is 6.08 Å². The van der Waals surface area contributed by atoms with Crippen LogP contribution in [0.5, 0.6) is 11.5 Å². The van der Waals surface area contributed by atoms with Crippen LogP contribution >= 0.6 is 0 Å². The van der Waals surface area contributed by atoms with Crippen molar-refractivity contribution in [2.24, 2.45) is 0 Å². The van der Waals surface area contributed by atoms with Crippen molar-refractivity contribution in [2.75, 3.05) is 31.8 Å². The number of non-ortho nitro benzene ring substituents is 1. The normalized spacial score (nSPS) is 12.3. The van der Waals surface area contributed by atoms with Crippen LogP contribution in [0.1, 0.15) is 26.3 Å². The lowest BCUT2D eigenvalue weighted by molar-refractivity contribution is -0.384. The molecule has 0 atom stereocenters. The predicted octanol–water partition coefficient (Wildman–Crippen LogP) is 4.51. The number of nitro groups is 1. The van der Waals surface area contributed by atoms with Gasteiger partial charge in [-0.15, -0.1) is 0 Å². The molecule has 0 bridgehead atoms. The van der Waals surface area contributed by atoms with E-state index >= 15 is 0 Å². The fraction of sp³-hybridized carbons (Fsp3) is 0.154. The summed E-state index contributed by atoms with van der Waals surface area (Å²) in [5, 5.41) is 11.5. The topological polar surface area (TPSA) is 108 Å². The van der Waals surface area contributed by atoms with Crippen molar-refractivity contribution < 1.29 is 28.7 Å². The monoisotopic (exact) mass is 474 g/mol. The summed E-state index contributed by atoms with van der Waals surface area (Å²) in [5.74, 6) is -0.255. The zero-order valence-electron chi connectivity index (χ0n) is 18.9. The maximum absolute atomic E-state index is 13.6. The minimum Gasteiger partial charge on any atom is -0.486 e. The fourth-order valence-electron chi connectivity index (χ4n) is 3.60. The van der Waals surface area contributed by atoms with Crippen molar-refractivity contribution in [1.29, 1.82) is 0 Å². The summed E-state index contributed by atoms with van der Waals surface area (Å²) in [6.07, 6.45) is 3.67. The van der Waals surface area contributed by atoms with Crippen LogP contribution in [-0.2, 0) is 4.74 Å². The van der Waals surface area contributed by atoms with Crippen molar-refractivity contribution in [3.05, 3.63) is 99.6 Å². The maximum Gasteiger partial charge on any atom is 0.338 e. The number of hydrogen-bond acceptors (Lipinski definition) is 7. The van der Waals surface area contributed by atoms with Gasteiger partial charge in [0.05, 0.1) is 17.6 Å². The van der Waals surface area contributed by atoms with Crippen LogP contribution in [0, 0.1) is 10.1 Å². The number of nitro benzene ring substituents is 1. The molecule has 9 nitrogen and oxygen atoms in total. The first-order chi connectivity index (χ1) is 17.0. The number of rotatable bonds is 7. The average molecular weight is 474 g/mol. The zero-order chi connectivity index (χ0) is 24.8. The molecule has 0 aromatic heterocycles. The molecule has 178 valence electrons. The molecule has 3 aromatic rings. The molecule has 4 rings (SSSR count). The second-order valence-corrected chi connectivity index (χ2v) is 7.57. The maximum atomic E-state index is 13.6. The van der Waals surface area contributed by atoms with Crippen molar-refractivity contribution in [3.8, 4) is 11.5 Å². The first-order valence-corrected chi connectivity index (χ1v) is 10.8. The second-order valence-electron chi connectivity index (χ2n) is 7.57. The molecule has 0 aliphatic carbocycles. The third kappa shape index (κ3) is 5.47. The third-order valence-electron chi connectivity index (χ3n) is 5.28. The van der Waals surface area contributed by atoms with Gasteiger partial charge in [-0.25, -0.2) is 4.79 Å². The number of nitrogens with zero attached hydrogens (tertiary/aromatic N) is 2. The zero-order valence-corrected chi connectivity index (χ0v) is 18.9. The summed E-state index contributed by atoms with van der Waals surface area (Å²) in [5.41, 5.74) is 0.946. The molecule has 1 aliphatic rings. The van der Waals surface area contributed by atoms with Gasteiger partial charge in [-0.2, -0.15) is 0 Å². The number of esters is 1. The summed E-state index contributed by atoms with van der Waals surface area (Å²) in [6, 6.07) is 18.2. The highest BCUT2D eigenvalue weighted by Gasteiger charge is 2.24. The van der Waals surface area contributed by atoms with Gasteiger partial charge in [0, 0.05) is 36.0 Å². The highest BCUT2D eigenvalue weighted by molar-refractivity contribution is 6.08. The molecule has 0 spiro atoms. The van der Waals surface area contributed by atoms with Crippen LogP contribution in [0.4, 0.5) is 11.4 Å². The Morgan fingerprint density at radius 3 is 2.43 bits per heavy atom. The minimum absolute atomic E-state index is 0.0254. The molecular weight excluding hydrogens is 452 g/mol. The highest BCUT2D eigenvalue weighted by Crippen LogP contribution is 2.34. The van der Waals surface area contributed by atoms with Crippen LogP contribution in [0.2, 0.25) is 0 Å². The van der Waals surface area contributed by atoms with Crippen molar-refractivity contribution in [2.45, 2.75) is 0 Å². The molecule has 9 heteroatoms. The standard InChI is InChI=1S/C26H22N2O7/c1-33-26(30)20-14-19(15-22(16-20)28(31)32)25(29)27(11-5-8-18-6-3-2-4-7-18)21-9-10-23-24(17-21)35-13-12-34-23/h2-10,14-17H,11-13H2,1H3/b8-5+. The van der Waals surface area contributed by atoms with E-state index in [-0.39, 0.29) is 17.7 Å². The summed E-state index contributed by atoms with van der Waals surface area (Å²) < 4.78 is 15.9. The van der Waals surface area contributed by atoms with Gasteiger partial charge in [0.15, 0.2) is 11.5 Å². The van der Waals surface area contributed by atoms with Gasteiger partial charge in [0.25, 0.3) is 11.6 Å². The number of hydrogen-bond donors (Lipinski definition) is 0. The summed E-state index contributed by atoms with van der Waals surface area (Å²) in [6.45, 7) is 0.966. The van der Waals surface area contributed by atoms with E-state index in [1.165, 1.54) is 18.1 Å². The number of anilines is 1. The van der Waals surface area contributed by atoms with Gasteiger partial charge in [0.1, 0.15) is 13.2 Å². The SMILES string of the molecule is COC(=O)c1cc(C(=O)N(C/C=C/c2ccccc2)c2ccc3c(c2)OCCO3)cc([N+](=O)[O-])c1. The number of amides is 1. The van der Waals surface area contributed by atoms with Crippen LogP contribution in [0.3, 0.4) is 0 Å². The lowest BCUT2D eigenvalue weighted by Gasteiger charge is -2.25. The van der Waals surface area contributed by atoms with Gasteiger partial charge >= 0.3 is 5.97 Å². The molecule has 1 aliphatic heterocycles. The van der Waals surface area contributed by atoms with Gasteiger partial charge in [-0.3, -0.25) is 14.9 Å². The molecule has 1 amide bonds. The minimum atomic E-state index is -0.780. The number of benzene rings is 3. The van der Waals surface area contributed by atoms with Crippen LogP contribution < -0.4 is 14.4 Å². The molecule has 0 N–H and O–H groups in total. The number of ether oxygens (including phenoxy) is 3. The Labute approximate surface area is 201 Å². The number of methoxy groups -OCH3 is 1. The fourth-order valence-corrected chi connectivity index (χ4v) is 3.60. The second kappa shape index (κ2) is 10.5. The molecule has 0 radical (unpaired) electrons. The average Bonchev–Trinajstić information content (AvgIpc) is 2.90. The number of carbonyl (C=O) groups excluding carboxylic acids is 2. The molecule has 0 saturated heterocycles. The Hall–Kier alpha value is -4.66. The molecular formula is C26H22N2O7. The van der Waals surface area contributed by atoms with Gasteiger partial charge < -0.3 is 19.1 Å². The summed E-state index contributed by atoms with van der Waals surface area (Å²) in [7, 11) is 1.17. The third-order valence-corrected chi connectivity index (χ3v) is 5.28. The van der Waals surface area contributed by atoms with E-state index in [9.17, 15) is 19.7 Å². The van der Waals surface area contributed by atoms with Gasteiger partial charge in [-0.1, -0.05) is 42.5 Å². The molecule has 0 unspecified atom stereocenters. The van der Waals surface area contributed by atoms with E-state index in [2.05, 4.69) is 0 Å². The van der Waals surface area contributed by atoms with Gasteiger partial charge in [-0.05, 0) is 23.8 Å². The van der Waals surface area contributed by atoms with E-state index in [0.717, 1.165) is 17.7 Å². The predicted molar refractivity (Wildman–Crippen MR) is 129 cm³/mol. The molecule has 35 heavy (non-hydrogen) atoms. The van der Waals surface area contributed by atoms with E-state index in [1.807, 2.05) is 42.5 Å². The summed E-state index contributed by atoms with van der Waals surface area (Å²) >= 11 is 0. The number of carbonyl (C=O) groups is 2. The Balaban J connectivity index is 1.73. The largest absolute Gasteiger partial charge is 0.486 e. The lowest BCUT2D eigenvalue weighted by atomic mass is 10.1. The van der Waals surface area contributed by atoms with E-state index in [0.29, 0.717) is 30.4 Å². The Morgan fingerprint density at radius 2 is 1.71 bits per heavy atom. The highest BCUT2D eigenvalue weighted by atomic mass is 16.6. The van der Waals surface area contributed by atoms with Gasteiger partial charge in [0.2, 0.25) is 0 Å². The Morgan fingerprint density at radius 1 is 1.00 bits per heavy atom. The van der Waals surface area contributed by atoms with Crippen molar-refractivity contribution in [1.82, 2.24) is 0 Å². The Bertz CT molecular complexity index is 1290. The van der Waals surface area contributed by atoms with Crippen LogP contribution in [0.15, 0.2) is 72.8 Å². The smallest absolute Gasteiger partial charge is 0.338 e. The lowest BCUT2D eigenvalue weighted by Crippen LogP contribution is -2.31. The van der Waals surface area contributed by atoms with Crippen LogP contribution in [-0.4, -0.2) is 43.7 Å². The first-order valence-electron chi connectivity index (χ1n) is 10.8. The molecule has 3 aromatic carbocycles. The van der Waals surface area contributed by atoms with Crippen molar-refractivity contribution >= 4 is 29.3 Å². The summed E-state index contributed by atoms with van der Waals surface area (Å²) in [4.78, 5) is 38.0. The molecule has 0 fully saturated rings. The van der Waals surface area contributed by atoms with E-state index < -0.39 is 22.5 Å². The molecule has 0 saturated carbocycles. The van der Waals surface area contributed by atoms with E-state index in [1.54, 1.807) is 18.2 Å². The molecule has 1 heterocycles. The quantitative estimate of drug-likeness (QED) is 0.282. The number of fused-ring (bicyclic) bond motifs is 1. The first kappa shape index (κ1) is 23.5. The Kier molecular flexibility index (Phi) is 7.06. The van der Waals surface area contributed by atoms with Crippen molar-refractivity contribution in [3.63, 3.8) is 0 Å².